The summed E-state index contributed by atoms with van der Waals surface area (Å²) in [4.78, 5) is 11.9. The quantitative estimate of drug-likeness (QED) is 0.668. The number of likely N-dealkylation sites (tertiary alicyclic amines) is 1. The number of hydroxylamine groups is 1. The van der Waals surface area contributed by atoms with Gasteiger partial charge in [-0.3, -0.25) is 4.90 Å². The molecule has 1 fully saturated rings. The average molecular weight is 374 g/mol. The SMILES string of the molecule is CC[NH+]([O-])c1ncc(CN2CC(Oc3ccc4ncoc4c3)C[C@@H]2C)s1. The Kier molecular flexibility index (Phi) is 4.90. The Hall–Kier alpha value is -2.00. The maximum absolute atomic E-state index is 11.8. The highest BCUT2D eigenvalue weighted by Gasteiger charge is 2.31. The van der Waals surface area contributed by atoms with Crippen LogP contribution in [0.3, 0.4) is 0 Å². The van der Waals surface area contributed by atoms with Crippen LogP contribution < -0.4 is 9.80 Å². The van der Waals surface area contributed by atoms with Crippen molar-refractivity contribution in [1.29, 1.82) is 0 Å². The van der Waals surface area contributed by atoms with Crippen LogP contribution in [0.1, 0.15) is 25.1 Å². The van der Waals surface area contributed by atoms with Crippen molar-refractivity contribution in [3.63, 3.8) is 0 Å². The number of benzene rings is 1. The minimum atomic E-state index is 0.111. The van der Waals surface area contributed by atoms with Gasteiger partial charge in [-0.1, -0.05) is 11.3 Å². The number of ether oxygens (including phenoxy) is 1. The molecule has 0 aliphatic carbocycles. The van der Waals surface area contributed by atoms with Gasteiger partial charge in [-0.05, 0) is 26.0 Å². The van der Waals surface area contributed by atoms with E-state index in [-0.39, 0.29) is 11.2 Å². The van der Waals surface area contributed by atoms with Crippen LogP contribution in [0, 0.1) is 5.21 Å². The standard InChI is InChI=1S/C18H22N4O3S/c1-3-22(23)18-19-8-15(26-18)10-21-9-14(6-12(21)2)25-13-4-5-16-17(7-13)24-11-20-16/h4-5,7-8,11-12,14,22H,3,6,9-10H2,1-2H3/t12-,14?/m0/s1. The highest BCUT2D eigenvalue weighted by Crippen LogP contribution is 2.27. The number of rotatable bonds is 6. The molecule has 0 spiro atoms. The van der Waals surface area contributed by atoms with Gasteiger partial charge in [-0.25, -0.2) is 4.98 Å². The molecule has 2 aromatic heterocycles. The number of thiazole rings is 1. The number of hydrogen-bond acceptors (Lipinski definition) is 7. The van der Waals surface area contributed by atoms with E-state index in [1.165, 1.54) is 17.7 Å². The van der Waals surface area contributed by atoms with Gasteiger partial charge in [-0.15, -0.1) is 0 Å². The number of hydrogen-bond donors (Lipinski definition) is 1. The highest BCUT2D eigenvalue weighted by molar-refractivity contribution is 7.14. The lowest BCUT2D eigenvalue weighted by Crippen LogP contribution is -3.01. The van der Waals surface area contributed by atoms with E-state index >= 15 is 0 Å². The van der Waals surface area contributed by atoms with E-state index in [9.17, 15) is 5.21 Å². The van der Waals surface area contributed by atoms with Crippen LogP contribution in [0.25, 0.3) is 11.1 Å². The molecule has 7 nitrogen and oxygen atoms in total. The number of quaternary nitrogens is 1. The Bertz CT molecular complexity index is 880. The zero-order valence-electron chi connectivity index (χ0n) is 14.8. The van der Waals surface area contributed by atoms with Crippen LogP contribution in [0.15, 0.2) is 35.2 Å². The molecule has 1 aliphatic heterocycles. The summed E-state index contributed by atoms with van der Waals surface area (Å²) in [6, 6.07) is 6.15. The summed E-state index contributed by atoms with van der Waals surface area (Å²) in [5.41, 5.74) is 1.57. The third-order valence-corrected chi connectivity index (χ3v) is 5.77. The molecule has 1 N–H and O–H groups in total. The maximum Gasteiger partial charge on any atom is 0.284 e. The Balaban J connectivity index is 1.38. The van der Waals surface area contributed by atoms with Crippen LogP contribution in [0.4, 0.5) is 5.13 Å². The summed E-state index contributed by atoms with van der Waals surface area (Å²) in [5.74, 6) is 0.807. The minimum Gasteiger partial charge on any atom is -0.627 e. The molecule has 1 aromatic carbocycles. The number of oxazole rings is 1. The van der Waals surface area contributed by atoms with Crippen molar-refractivity contribution in [2.75, 3.05) is 13.1 Å². The fourth-order valence-corrected chi connectivity index (χ4v) is 4.26. The van der Waals surface area contributed by atoms with Crippen molar-refractivity contribution in [2.45, 2.75) is 39.0 Å². The number of fused-ring (bicyclic) bond motifs is 1. The third kappa shape index (κ3) is 3.59. The second-order valence-electron chi connectivity index (χ2n) is 6.64. The minimum absolute atomic E-state index is 0.111. The van der Waals surface area contributed by atoms with Gasteiger partial charge >= 0.3 is 0 Å². The Morgan fingerprint density at radius 3 is 3.15 bits per heavy atom. The van der Waals surface area contributed by atoms with Crippen molar-refractivity contribution in [3.05, 3.63) is 40.9 Å². The molecular weight excluding hydrogens is 352 g/mol. The molecule has 3 heterocycles. The first-order chi connectivity index (χ1) is 12.6. The van der Waals surface area contributed by atoms with Crippen LogP contribution in [0.2, 0.25) is 0 Å². The molecule has 138 valence electrons. The van der Waals surface area contributed by atoms with Gasteiger partial charge in [0.25, 0.3) is 5.13 Å². The number of nitrogens with one attached hydrogen (secondary N) is 1. The van der Waals surface area contributed by atoms with E-state index in [1.807, 2.05) is 31.3 Å². The van der Waals surface area contributed by atoms with Crippen LogP contribution in [-0.2, 0) is 6.54 Å². The van der Waals surface area contributed by atoms with Crippen molar-refractivity contribution >= 4 is 27.6 Å². The molecule has 26 heavy (non-hydrogen) atoms. The summed E-state index contributed by atoms with van der Waals surface area (Å²) in [6.45, 7) is 6.23. The lowest BCUT2D eigenvalue weighted by atomic mass is 10.2. The van der Waals surface area contributed by atoms with Gasteiger partial charge in [0.15, 0.2) is 12.0 Å². The van der Waals surface area contributed by atoms with E-state index in [0.29, 0.717) is 17.7 Å². The molecule has 4 rings (SSSR count). The van der Waals surface area contributed by atoms with Crippen molar-refractivity contribution in [1.82, 2.24) is 14.9 Å². The van der Waals surface area contributed by atoms with Crippen LogP contribution in [0.5, 0.6) is 5.75 Å². The molecule has 0 radical (unpaired) electrons. The summed E-state index contributed by atoms with van der Waals surface area (Å²) in [5, 5.41) is 12.5. The van der Waals surface area contributed by atoms with E-state index in [4.69, 9.17) is 9.15 Å². The summed E-state index contributed by atoms with van der Waals surface area (Å²) in [6.07, 6.45) is 4.37. The lowest BCUT2D eigenvalue weighted by molar-refractivity contribution is -0.773. The van der Waals surface area contributed by atoms with Gasteiger partial charge < -0.3 is 19.4 Å². The molecule has 0 bridgehead atoms. The smallest absolute Gasteiger partial charge is 0.284 e. The molecular formula is C18H22N4O3S. The largest absolute Gasteiger partial charge is 0.627 e. The van der Waals surface area contributed by atoms with Gasteiger partial charge in [0.2, 0.25) is 0 Å². The molecule has 1 saturated heterocycles. The van der Waals surface area contributed by atoms with Gasteiger partial charge in [0.05, 0.1) is 6.54 Å². The normalized spacial score (nSPS) is 22.1. The summed E-state index contributed by atoms with van der Waals surface area (Å²) in [7, 11) is 0. The van der Waals surface area contributed by atoms with Crippen molar-refractivity contribution in [2.24, 2.45) is 0 Å². The maximum atomic E-state index is 11.8. The van der Waals surface area contributed by atoms with Gasteiger partial charge in [0.1, 0.15) is 17.4 Å². The lowest BCUT2D eigenvalue weighted by Gasteiger charge is -2.19. The molecule has 0 saturated carbocycles. The van der Waals surface area contributed by atoms with Crippen molar-refractivity contribution in [3.8, 4) is 5.75 Å². The Morgan fingerprint density at radius 1 is 1.42 bits per heavy atom. The van der Waals surface area contributed by atoms with Gasteiger partial charge in [0, 0.05) is 42.7 Å². The van der Waals surface area contributed by atoms with E-state index < -0.39 is 0 Å². The molecule has 2 unspecified atom stereocenters. The van der Waals surface area contributed by atoms with Crippen molar-refractivity contribution < 1.29 is 14.2 Å². The topological polar surface area (TPSA) is 78.9 Å². The number of nitrogens with zero attached hydrogens (tertiary/aromatic N) is 3. The molecule has 3 aromatic rings. The van der Waals surface area contributed by atoms with E-state index in [2.05, 4.69) is 21.8 Å². The summed E-state index contributed by atoms with van der Waals surface area (Å²) >= 11 is 1.50. The zero-order valence-corrected chi connectivity index (χ0v) is 15.7. The monoisotopic (exact) mass is 374 g/mol. The molecule has 8 heteroatoms. The third-order valence-electron chi connectivity index (χ3n) is 4.74. The van der Waals surface area contributed by atoms with E-state index in [1.54, 1.807) is 0 Å². The first-order valence-electron chi connectivity index (χ1n) is 8.84. The first-order valence-corrected chi connectivity index (χ1v) is 9.66. The fraction of sp³-hybridized carbons (Fsp3) is 0.444. The Morgan fingerprint density at radius 2 is 2.31 bits per heavy atom. The van der Waals surface area contributed by atoms with Crippen LogP contribution in [-0.4, -0.2) is 40.1 Å². The predicted octanol–water partition coefficient (Wildman–Crippen LogP) is 2.36. The highest BCUT2D eigenvalue weighted by atomic mass is 32.1. The zero-order chi connectivity index (χ0) is 18.1. The molecule has 1 aliphatic rings. The first kappa shape index (κ1) is 17.4. The Labute approximate surface area is 155 Å². The van der Waals surface area contributed by atoms with Gasteiger partial charge in [-0.2, -0.15) is 4.98 Å². The summed E-state index contributed by atoms with van der Waals surface area (Å²) < 4.78 is 11.5. The second kappa shape index (κ2) is 7.32. The fourth-order valence-electron chi connectivity index (χ4n) is 3.31. The average Bonchev–Trinajstić information content (AvgIpc) is 3.35. The predicted molar refractivity (Wildman–Crippen MR) is 99.6 cm³/mol. The molecule has 0 amide bonds. The second-order valence-corrected chi connectivity index (χ2v) is 7.76. The van der Waals surface area contributed by atoms with E-state index in [0.717, 1.165) is 41.2 Å². The van der Waals surface area contributed by atoms with Crippen LogP contribution >= 0.6 is 11.3 Å². The number of aromatic nitrogens is 2. The molecule has 3 atom stereocenters.